The number of benzene rings is 3. The molecule has 1 aliphatic heterocycles. The summed E-state index contributed by atoms with van der Waals surface area (Å²) in [4.78, 5) is 11.8. The largest absolute Gasteiger partial charge is 0.412 e. The van der Waals surface area contributed by atoms with Gasteiger partial charge in [0, 0.05) is 18.9 Å². The number of amides is 1. The molecule has 29 heavy (non-hydrogen) atoms. The van der Waals surface area contributed by atoms with Crippen molar-refractivity contribution >= 4 is 16.9 Å². The molecule has 0 atom stereocenters. The summed E-state index contributed by atoms with van der Waals surface area (Å²) < 4.78 is 17.1. The van der Waals surface area contributed by atoms with Crippen LogP contribution in [0.2, 0.25) is 0 Å². The van der Waals surface area contributed by atoms with Crippen LogP contribution in [-0.4, -0.2) is 32.1 Å². The second-order valence-corrected chi connectivity index (χ2v) is 7.13. The van der Waals surface area contributed by atoms with Gasteiger partial charge in [0.05, 0.1) is 13.2 Å². The van der Waals surface area contributed by atoms with Crippen LogP contribution in [0.15, 0.2) is 72.8 Å². The molecule has 1 N–H and O–H groups in total. The van der Waals surface area contributed by atoms with Crippen LogP contribution < -0.4 is 10.1 Å². The minimum absolute atomic E-state index is 0.229. The minimum atomic E-state index is -0.447. The predicted octanol–water partition coefficient (Wildman–Crippen LogP) is 4.87. The lowest BCUT2D eigenvalue weighted by Crippen LogP contribution is -2.32. The summed E-state index contributed by atoms with van der Waals surface area (Å²) in [6, 6.07) is 23.8. The van der Waals surface area contributed by atoms with Crippen molar-refractivity contribution in [3.05, 3.63) is 78.4 Å². The van der Waals surface area contributed by atoms with E-state index >= 15 is 0 Å². The Labute approximate surface area is 170 Å². The van der Waals surface area contributed by atoms with E-state index in [1.54, 1.807) is 12.1 Å². The van der Waals surface area contributed by atoms with Crippen molar-refractivity contribution in [1.29, 1.82) is 0 Å². The van der Waals surface area contributed by atoms with Crippen molar-refractivity contribution in [1.82, 2.24) is 5.32 Å². The lowest BCUT2D eigenvalue weighted by molar-refractivity contribution is -0.189. The Bertz CT molecular complexity index is 931. The zero-order valence-electron chi connectivity index (χ0n) is 16.3. The molecule has 1 fully saturated rings. The lowest BCUT2D eigenvalue weighted by Gasteiger charge is -2.30. The molecular formula is C24H25NO4. The van der Waals surface area contributed by atoms with Gasteiger partial charge in [-0.15, -0.1) is 0 Å². The van der Waals surface area contributed by atoms with Crippen LogP contribution in [0.1, 0.15) is 24.3 Å². The quantitative estimate of drug-likeness (QED) is 0.610. The molecule has 5 heteroatoms. The molecule has 1 amide bonds. The van der Waals surface area contributed by atoms with E-state index < -0.39 is 6.09 Å². The number of nitrogens with one attached hydrogen (secondary N) is 1. The van der Waals surface area contributed by atoms with Gasteiger partial charge in [0.15, 0.2) is 6.29 Å². The number of rotatable bonds is 6. The van der Waals surface area contributed by atoms with Crippen LogP contribution in [0.4, 0.5) is 4.79 Å². The van der Waals surface area contributed by atoms with Crippen molar-refractivity contribution < 1.29 is 19.0 Å². The van der Waals surface area contributed by atoms with Gasteiger partial charge in [0.25, 0.3) is 0 Å². The number of hydrogen-bond acceptors (Lipinski definition) is 4. The summed E-state index contributed by atoms with van der Waals surface area (Å²) in [5, 5.41) is 5.25. The topological polar surface area (TPSA) is 56.8 Å². The van der Waals surface area contributed by atoms with E-state index in [2.05, 4.69) is 47.8 Å². The molecule has 0 unspecified atom stereocenters. The highest BCUT2D eigenvalue weighted by Gasteiger charge is 2.24. The van der Waals surface area contributed by atoms with Gasteiger partial charge >= 0.3 is 6.09 Å². The number of hydrogen-bond donors (Lipinski definition) is 1. The zero-order chi connectivity index (χ0) is 19.9. The molecule has 1 aliphatic rings. The van der Waals surface area contributed by atoms with Gasteiger partial charge in [-0.3, -0.25) is 0 Å². The monoisotopic (exact) mass is 391 g/mol. The maximum Gasteiger partial charge on any atom is 0.412 e. The Kier molecular flexibility index (Phi) is 6.39. The molecule has 150 valence electrons. The smallest absolute Gasteiger partial charge is 0.410 e. The highest BCUT2D eigenvalue weighted by atomic mass is 16.7. The number of carbonyl (C=O) groups is 1. The van der Waals surface area contributed by atoms with Crippen molar-refractivity contribution in [3.8, 4) is 5.75 Å². The van der Waals surface area contributed by atoms with E-state index in [1.807, 2.05) is 18.2 Å². The van der Waals surface area contributed by atoms with Gasteiger partial charge < -0.3 is 19.5 Å². The fraction of sp³-hybridized carbons (Fsp3) is 0.292. The van der Waals surface area contributed by atoms with Crippen molar-refractivity contribution in [2.45, 2.75) is 25.0 Å². The van der Waals surface area contributed by atoms with Crippen molar-refractivity contribution in [3.63, 3.8) is 0 Å². The molecule has 0 aromatic heterocycles. The molecule has 3 aromatic carbocycles. The zero-order valence-corrected chi connectivity index (χ0v) is 16.3. The Morgan fingerprint density at radius 1 is 0.931 bits per heavy atom. The third-order valence-corrected chi connectivity index (χ3v) is 5.07. The summed E-state index contributed by atoms with van der Waals surface area (Å²) in [5.74, 6) is 0.764. The van der Waals surface area contributed by atoms with Crippen molar-refractivity contribution in [2.75, 3.05) is 19.8 Å². The van der Waals surface area contributed by atoms with Gasteiger partial charge in [-0.25, -0.2) is 4.79 Å². The third kappa shape index (κ3) is 5.13. The average molecular weight is 391 g/mol. The molecule has 0 spiro atoms. The number of ether oxygens (including phenoxy) is 3. The second-order valence-electron chi connectivity index (χ2n) is 7.13. The summed E-state index contributed by atoms with van der Waals surface area (Å²) >= 11 is 0. The number of carbonyl (C=O) groups excluding carboxylic acids is 1. The molecule has 1 heterocycles. The predicted molar refractivity (Wildman–Crippen MR) is 112 cm³/mol. The molecule has 0 aliphatic carbocycles. The first-order valence-electron chi connectivity index (χ1n) is 10.0. The molecular weight excluding hydrogens is 366 g/mol. The molecule has 0 radical (unpaired) electrons. The third-order valence-electron chi connectivity index (χ3n) is 5.07. The first kappa shape index (κ1) is 19.4. The van der Waals surface area contributed by atoms with E-state index in [4.69, 9.17) is 14.2 Å². The van der Waals surface area contributed by atoms with Crippen LogP contribution in [0, 0.1) is 0 Å². The first-order valence-corrected chi connectivity index (χ1v) is 10.0. The van der Waals surface area contributed by atoms with E-state index in [0.717, 1.165) is 12.8 Å². The van der Waals surface area contributed by atoms with Gasteiger partial charge in [0.1, 0.15) is 5.75 Å². The van der Waals surface area contributed by atoms with Crippen molar-refractivity contribution in [2.24, 2.45) is 0 Å². The van der Waals surface area contributed by atoms with E-state index in [-0.39, 0.29) is 12.2 Å². The normalized spacial score (nSPS) is 19.0. The highest BCUT2D eigenvalue weighted by Crippen LogP contribution is 2.29. The Morgan fingerprint density at radius 3 is 2.48 bits per heavy atom. The molecule has 3 aromatic rings. The fourth-order valence-corrected chi connectivity index (χ4v) is 3.59. The average Bonchev–Trinajstić information content (AvgIpc) is 2.77. The maximum absolute atomic E-state index is 11.8. The summed E-state index contributed by atoms with van der Waals surface area (Å²) in [5.41, 5.74) is 1.27. The van der Waals surface area contributed by atoms with Gasteiger partial charge in [-0.2, -0.15) is 0 Å². The van der Waals surface area contributed by atoms with E-state index in [0.29, 0.717) is 25.5 Å². The molecule has 4 rings (SSSR count). The lowest BCUT2D eigenvalue weighted by atomic mass is 9.94. The number of fused-ring (bicyclic) bond motifs is 1. The Morgan fingerprint density at radius 2 is 1.66 bits per heavy atom. The van der Waals surface area contributed by atoms with Gasteiger partial charge in [-0.1, -0.05) is 60.7 Å². The Hall–Kier alpha value is -2.89. The van der Waals surface area contributed by atoms with Crippen LogP contribution >= 0.6 is 0 Å². The standard InChI is InChI=1S/C24H25NO4/c26-24(29-20-10-2-1-3-11-20)25-15-7-14-23-27-16-19(17-28-23)22-13-6-9-18-8-4-5-12-21(18)22/h1-6,8-13,19,23H,7,14-17H2,(H,25,26). The second kappa shape index (κ2) is 9.54. The Balaban J connectivity index is 1.19. The van der Waals surface area contributed by atoms with Gasteiger partial charge in [-0.05, 0) is 34.9 Å². The van der Waals surface area contributed by atoms with Crippen LogP contribution in [0.25, 0.3) is 10.8 Å². The molecule has 1 saturated heterocycles. The molecule has 0 saturated carbocycles. The van der Waals surface area contributed by atoms with Gasteiger partial charge in [0.2, 0.25) is 0 Å². The molecule has 0 bridgehead atoms. The van der Waals surface area contributed by atoms with E-state index in [9.17, 15) is 4.79 Å². The van der Waals surface area contributed by atoms with E-state index in [1.165, 1.54) is 16.3 Å². The highest BCUT2D eigenvalue weighted by molar-refractivity contribution is 5.86. The number of para-hydroxylation sites is 1. The van der Waals surface area contributed by atoms with Crippen LogP contribution in [-0.2, 0) is 9.47 Å². The summed E-state index contributed by atoms with van der Waals surface area (Å²) in [7, 11) is 0. The summed E-state index contributed by atoms with van der Waals surface area (Å²) in [6.45, 7) is 1.80. The molecule has 5 nitrogen and oxygen atoms in total. The summed E-state index contributed by atoms with van der Waals surface area (Å²) in [6.07, 6.45) is 0.812. The first-order chi connectivity index (χ1) is 14.3. The minimum Gasteiger partial charge on any atom is -0.410 e. The fourth-order valence-electron chi connectivity index (χ4n) is 3.59. The maximum atomic E-state index is 11.8. The van der Waals surface area contributed by atoms with Crippen LogP contribution in [0.5, 0.6) is 5.75 Å². The van der Waals surface area contributed by atoms with Crippen LogP contribution in [0.3, 0.4) is 0 Å². The SMILES string of the molecule is O=C(NCCCC1OCC(c2cccc3ccccc23)CO1)Oc1ccccc1.